The summed E-state index contributed by atoms with van der Waals surface area (Å²) in [6.07, 6.45) is 0.836. The van der Waals surface area contributed by atoms with Crippen LogP contribution in [0.4, 0.5) is 0 Å². The van der Waals surface area contributed by atoms with Gasteiger partial charge in [0.15, 0.2) is 0 Å². The first-order valence-corrected chi connectivity index (χ1v) is 7.01. The Morgan fingerprint density at radius 1 is 1.57 bits per heavy atom. The van der Waals surface area contributed by atoms with E-state index in [4.69, 9.17) is 10.7 Å². The van der Waals surface area contributed by atoms with Crippen molar-refractivity contribution in [3.8, 4) is 0 Å². The van der Waals surface area contributed by atoms with Crippen LogP contribution in [0.25, 0.3) is 0 Å². The summed E-state index contributed by atoms with van der Waals surface area (Å²) in [4.78, 5) is 2.40. The summed E-state index contributed by atoms with van der Waals surface area (Å²) >= 11 is 0. The molecule has 3 nitrogen and oxygen atoms in total. The van der Waals surface area contributed by atoms with E-state index in [1.54, 1.807) is 0 Å². The third-order valence-electron chi connectivity index (χ3n) is 2.72. The topological polar surface area (TPSA) is 37.4 Å². The Bertz CT molecular complexity index is 324. The van der Waals surface area contributed by atoms with E-state index in [0.717, 1.165) is 19.5 Å². The van der Waals surface area contributed by atoms with Gasteiger partial charge in [-0.15, -0.1) is 0 Å². The molecule has 0 aliphatic carbocycles. The van der Waals surface area contributed by atoms with Crippen molar-refractivity contribution in [3.63, 3.8) is 0 Å². The average molecular weight is 238 g/mol. The zero-order valence-electron chi connectivity index (χ0n) is 8.53. The van der Waals surface area contributed by atoms with Crippen LogP contribution in [-0.4, -0.2) is 32.4 Å². The van der Waals surface area contributed by atoms with Gasteiger partial charge in [0.2, 0.25) is 0 Å². The Hall–Kier alpha value is -0.0600. The maximum Gasteiger partial charge on any atom is 0.257 e. The second kappa shape index (κ2) is 4.21. The minimum atomic E-state index is -3.58. The summed E-state index contributed by atoms with van der Waals surface area (Å²) in [5.41, 5.74) is 0. The van der Waals surface area contributed by atoms with Crippen LogP contribution in [0.15, 0.2) is 11.5 Å². The maximum atomic E-state index is 11.0. The number of hydrogen-bond acceptors (Lipinski definition) is 3. The van der Waals surface area contributed by atoms with Gasteiger partial charge in [-0.25, -0.2) is 8.42 Å². The molecule has 1 aliphatic rings. The highest BCUT2D eigenvalue weighted by atomic mass is 35.7. The summed E-state index contributed by atoms with van der Waals surface area (Å²) in [6.45, 7) is 9.43. The van der Waals surface area contributed by atoms with Gasteiger partial charge in [0, 0.05) is 29.2 Å². The molecular weight excluding hydrogens is 222 g/mol. The molecule has 0 spiro atoms. The summed E-state index contributed by atoms with van der Waals surface area (Å²) in [6, 6.07) is 0.450. The van der Waals surface area contributed by atoms with E-state index < -0.39 is 9.05 Å². The molecule has 1 aliphatic heterocycles. The highest BCUT2D eigenvalue weighted by Gasteiger charge is 2.30. The van der Waals surface area contributed by atoms with E-state index in [0.29, 0.717) is 6.04 Å². The number of likely N-dealkylation sites (tertiary alicyclic amines) is 1. The fourth-order valence-electron chi connectivity index (χ4n) is 1.72. The minimum absolute atomic E-state index is 0.0000926. The molecule has 0 aromatic rings. The van der Waals surface area contributed by atoms with Crippen LogP contribution >= 0.6 is 10.7 Å². The summed E-state index contributed by atoms with van der Waals surface area (Å²) in [5, 5.41) is 0. The predicted molar refractivity (Wildman–Crippen MR) is 58.7 cm³/mol. The molecule has 0 radical (unpaired) electrons. The van der Waals surface area contributed by atoms with Gasteiger partial charge in [0.1, 0.15) is 0 Å². The van der Waals surface area contributed by atoms with Crippen LogP contribution in [0.1, 0.15) is 20.3 Å². The average Bonchev–Trinajstić information content (AvgIpc) is 2.48. The first kappa shape index (κ1) is 12.0. The van der Waals surface area contributed by atoms with E-state index in [1.807, 2.05) is 0 Å². The van der Waals surface area contributed by atoms with Crippen molar-refractivity contribution in [2.75, 3.05) is 13.1 Å². The zero-order chi connectivity index (χ0) is 10.9. The smallest absolute Gasteiger partial charge is 0.257 e. The third-order valence-corrected chi connectivity index (χ3v) is 4.27. The molecule has 14 heavy (non-hydrogen) atoms. The van der Waals surface area contributed by atoms with Gasteiger partial charge in [-0.3, -0.25) is 0 Å². The van der Waals surface area contributed by atoms with Crippen molar-refractivity contribution in [2.45, 2.75) is 26.3 Å². The van der Waals surface area contributed by atoms with Crippen molar-refractivity contribution in [1.29, 1.82) is 0 Å². The molecule has 0 bridgehead atoms. The molecule has 0 N–H and O–H groups in total. The predicted octanol–water partition coefficient (Wildman–Crippen LogP) is 1.80. The van der Waals surface area contributed by atoms with Crippen molar-refractivity contribution >= 4 is 19.7 Å². The lowest BCUT2D eigenvalue weighted by molar-refractivity contribution is 0.270. The Labute approximate surface area is 90.2 Å². The highest BCUT2D eigenvalue weighted by Crippen LogP contribution is 2.29. The molecular formula is C9H16ClNO2S. The van der Waals surface area contributed by atoms with Gasteiger partial charge in [0.05, 0.1) is 4.91 Å². The molecule has 1 rings (SSSR count). The summed E-state index contributed by atoms with van der Waals surface area (Å²) < 4.78 is 22.1. The van der Waals surface area contributed by atoms with E-state index in [-0.39, 0.29) is 10.8 Å². The molecule has 82 valence electrons. The van der Waals surface area contributed by atoms with Gasteiger partial charge < -0.3 is 4.90 Å². The third kappa shape index (κ3) is 2.72. The molecule has 5 heteroatoms. The number of hydrogen-bond donors (Lipinski definition) is 0. The lowest BCUT2D eigenvalue weighted by atomic mass is 10.1. The molecule has 1 unspecified atom stereocenters. The fourth-order valence-corrected chi connectivity index (χ4v) is 2.69. The van der Waals surface area contributed by atoms with Crippen molar-refractivity contribution < 1.29 is 8.42 Å². The van der Waals surface area contributed by atoms with E-state index in [9.17, 15) is 8.42 Å². The van der Waals surface area contributed by atoms with Gasteiger partial charge in [-0.05, 0) is 26.8 Å². The SMILES string of the molecule is C=C(C1CCN(C(C)C)C1)S(=O)(=O)Cl. The van der Waals surface area contributed by atoms with Crippen molar-refractivity contribution in [1.82, 2.24) is 4.90 Å². The lowest BCUT2D eigenvalue weighted by Gasteiger charge is -2.20. The van der Waals surface area contributed by atoms with Gasteiger partial charge in [-0.2, -0.15) is 0 Å². The molecule has 0 aromatic carbocycles. The molecule has 0 amide bonds. The Morgan fingerprint density at radius 3 is 2.50 bits per heavy atom. The monoisotopic (exact) mass is 237 g/mol. The minimum Gasteiger partial charge on any atom is -0.300 e. The standard InChI is InChI=1S/C9H16ClNO2S/c1-7(2)11-5-4-9(6-11)8(3)14(10,12)13/h7,9H,3-6H2,1-2H3. The number of rotatable bonds is 3. The molecule has 0 saturated carbocycles. The molecule has 1 atom stereocenters. The second-order valence-corrected chi connectivity index (χ2v) is 6.60. The van der Waals surface area contributed by atoms with Gasteiger partial charge >= 0.3 is 0 Å². The lowest BCUT2D eigenvalue weighted by Crippen LogP contribution is -2.28. The largest absolute Gasteiger partial charge is 0.300 e. The molecule has 1 heterocycles. The van der Waals surface area contributed by atoms with E-state index in [1.165, 1.54) is 0 Å². The summed E-state index contributed by atoms with van der Waals surface area (Å²) in [7, 11) is 1.66. The normalized spacial score (nSPS) is 24.4. The first-order valence-electron chi connectivity index (χ1n) is 4.70. The van der Waals surface area contributed by atoms with Crippen LogP contribution < -0.4 is 0 Å². The van der Waals surface area contributed by atoms with Crippen LogP contribution in [0.3, 0.4) is 0 Å². The second-order valence-electron chi connectivity index (χ2n) is 3.98. The van der Waals surface area contributed by atoms with Crippen LogP contribution in [0.5, 0.6) is 0 Å². The van der Waals surface area contributed by atoms with Crippen LogP contribution in [0, 0.1) is 5.92 Å². The van der Waals surface area contributed by atoms with E-state index in [2.05, 4.69) is 25.3 Å². The first-order chi connectivity index (χ1) is 6.32. The Kier molecular flexibility index (Phi) is 3.61. The quantitative estimate of drug-likeness (QED) is 0.703. The van der Waals surface area contributed by atoms with Crippen LogP contribution in [0.2, 0.25) is 0 Å². The zero-order valence-corrected chi connectivity index (χ0v) is 10.1. The Morgan fingerprint density at radius 2 is 2.14 bits per heavy atom. The van der Waals surface area contributed by atoms with Gasteiger partial charge in [-0.1, -0.05) is 6.58 Å². The van der Waals surface area contributed by atoms with Crippen molar-refractivity contribution in [3.05, 3.63) is 11.5 Å². The number of halogens is 1. The number of nitrogens with zero attached hydrogens (tertiary/aromatic N) is 1. The van der Waals surface area contributed by atoms with E-state index >= 15 is 0 Å². The molecule has 1 fully saturated rings. The Balaban J connectivity index is 2.64. The fraction of sp³-hybridized carbons (Fsp3) is 0.778. The van der Waals surface area contributed by atoms with Crippen molar-refractivity contribution in [2.24, 2.45) is 5.92 Å². The highest BCUT2D eigenvalue weighted by molar-refractivity contribution is 8.16. The van der Waals surface area contributed by atoms with Crippen LogP contribution in [-0.2, 0) is 9.05 Å². The maximum absolute atomic E-state index is 11.0. The summed E-state index contributed by atoms with van der Waals surface area (Å²) in [5.74, 6) is -0.0000926. The van der Waals surface area contributed by atoms with Gasteiger partial charge in [0.25, 0.3) is 9.05 Å². The molecule has 1 saturated heterocycles. The molecule has 0 aromatic heterocycles.